The van der Waals surface area contributed by atoms with Crippen LogP contribution in [0.5, 0.6) is 0 Å². The standard InChI is InChI=1S/C26H30N8O6S2/c1-15-27-16(2)30-25(29-15)33-22-10-8-19(21(12-22)14-41(35,36)37)6-7-20-9-11-23(13-24(20)42(38,39)40-5)34-26-31-17(3)28-18(4)32-26/h8-13H,6-7,14H2,1-5H3,(H,35,36,37)(H,27,29,30,33)(H,28,31,32,34). The Balaban J connectivity index is 1.63. The van der Waals surface area contributed by atoms with E-state index in [9.17, 15) is 21.4 Å². The molecule has 0 saturated carbocycles. The number of hydrogen-bond donors (Lipinski definition) is 3. The third kappa shape index (κ3) is 8.22. The first kappa shape index (κ1) is 30.8. The number of nitrogens with one attached hydrogen (secondary N) is 2. The van der Waals surface area contributed by atoms with Gasteiger partial charge in [-0.25, -0.2) is 9.97 Å². The molecule has 2 heterocycles. The van der Waals surface area contributed by atoms with Crippen molar-refractivity contribution in [2.45, 2.75) is 51.2 Å². The predicted octanol–water partition coefficient (Wildman–Crippen LogP) is 3.29. The molecule has 0 bridgehead atoms. The van der Waals surface area contributed by atoms with Gasteiger partial charge in [-0.05, 0) is 81.5 Å². The van der Waals surface area contributed by atoms with Gasteiger partial charge in [0.05, 0.1) is 12.0 Å². The molecule has 2 aromatic heterocycles. The number of nitrogens with zero attached hydrogens (tertiary/aromatic N) is 6. The van der Waals surface area contributed by atoms with Crippen LogP contribution in [0.1, 0.15) is 40.0 Å². The van der Waals surface area contributed by atoms with Crippen LogP contribution in [-0.4, -0.2) is 58.4 Å². The molecule has 2 aromatic carbocycles. The number of rotatable bonds is 11. The van der Waals surface area contributed by atoms with Crippen molar-refractivity contribution in [2.24, 2.45) is 0 Å². The quantitative estimate of drug-likeness (QED) is 0.164. The minimum Gasteiger partial charge on any atom is -0.324 e. The van der Waals surface area contributed by atoms with Gasteiger partial charge in [-0.2, -0.15) is 36.8 Å². The van der Waals surface area contributed by atoms with E-state index in [1.54, 1.807) is 58.0 Å². The average Bonchev–Trinajstić information content (AvgIpc) is 2.86. The summed E-state index contributed by atoms with van der Waals surface area (Å²) in [7, 11) is -7.41. The van der Waals surface area contributed by atoms with E-state index in [4.69, 9.17) is 4.18 Å². The third-order valence-corrected chi connectivity index (χ3v) is 8.03. The molecule has 0 radical (unpaired) electrons. The Labute approximate surface area is 244 Å². The van der Waals surface area contributed by atoms with E-state index in [2.05, 4.69) is 40.5 Å². The van der Waals surface area contributed by atoms with Gasteiger partial charge in [0, 0.05) is 11.4 Å². The van der Waals surface area contributed by atoms with E-state index in [0.717, 1.165) is 7.11 Å². The molecular weight excluding hydrogens is 584 g/mol. The van der Waals surface area contributed by atoms with Crippen LogP contribution in [0.4, 0.5) is 23.3 Å². The predicted molar refractivity (Wildman–Crippen MR) is 155 cm³/mol. The highest BCUT2D eigenvalue weighted by molar-refractivity contribution is 7.86. The normalized spacial score (nSPS) is 11.9. The molecule has 0 atom stereocenters. The Morgan fingerprint density at radius 1 is 0.667 bits per heavy atom. The molecule has 42 heavy (non-hydrogen) atoms. The molecule has 0 amide bonds. The second kappa shape index (κ2) is 12.4. The van der Waals surface area contributed by atoms with Crippen molar-refractivity contribution in [3.05, 3.63) is 76.4 Å². The second-order valence-electron chi connectivity index (χ2n) is 9.41. The Kier molecular flexibility index (Phi) is 9.10. The monoisotopic (exact) mass is 614 g/mol. The van der Waals surface area contributed by atoms with Gasteiger partial charge < -0.3 is 10.6 Å². The molecule has 0 saturated heterocycles. The number of aromatic nitrogens is 6. The Hall–Kier alpha value is -4.12. The molecule has 0 unspecified atom stereocenters. The van der Waals surface area contributed by atoms with E-state index in [-0.39, 0.29) is 29.6 Å². The largest absolute Gasteiger partial charge is 0.324 e. The highest BCUT2D eigenvalue weighted by Gasteiger charge is 2.20. The zero-order valence-corrected chi connectivity index (χ0v) is 25.2. The minimum atomic E-state index is -4.37. The number of aryl methyl sites for hydroxylation is 6. The van der Waals surface area contributed by atoms with E-state index in [1.165, 1.54) is 6.07 Å². The fourth-order valence-electron chi connectivity index (χ4n) is 4.31. The molecule has 0 aliphatic heterocycles. The first-order valence-electron chi connectivity index (χ1n) is 12.6. The molecule has 14 nitrogen and oxygen atoms in total. The zero-order valence-electron chi connectivity index (χ0n) is 23.6. The molecule has 3 N–H and O–H groups in total. The SMILES string of the molecule is COS(=O)(=O)c1cc(Nc2nc(C)nc(C)n2)ccc1CCc1ccc(Nc2nc(C)nc(C)n2)cc1CS(=O)(=O)O. The molecule has 16 heteroatoms. The number of benzene rings is 2. The minimum absolute atomic E-state index is 0.0623. The Morgan fingerprint density at radius 2 is 1.12 bits per heavy atom. The van der Waals surface area contributed by atoms with Gasteiger partial charge in [0.15, 0.2) is 0 Å². The van der Waals surface area contributed by atoms with Crippen molar-refractivity contribution < 1.29 is 25.6 Å². The van der Waals surface area contributed by atoms with E-state index >= 15 is 0 Å². The van der Waals surface area contributed by atoms with Crippen molar-refractivity contribution in [3.8, 4) is 0 Å². The van der Waals surface area contributed by atoms with Crippen LogP contribution in [0.2, 0.25) is 0 Å². The van der Waals surface area contributed by atoms with Crippen LogP contribution in [0, 0.1) is 27.7 Å². The first-order chi connectivity index (χ1) is 19.7. The molecule has 0 aliphatic rings. The summed E-state index contributed by atoms with van der Waals surface area (Å²) < 4.78 is 63.7. The highest BCUT2D eigenvalue weighted by Crippen LogP contribution is 2.27. The van der Waals surface area contributed by atoms with Gasteiger partial charge in [0.2, 0.25) is 11.9 Å². The Bertz CT molecular complexity index is 1810. The van der Waals surface area contributed by atoms with Crippen molar-refractivity contribution in [1.82, 2.24) is 29.9 Å². The molecule has 0 fully saturated rings. The summed E-state index contributed by atoms with van der Waals surface area (Å²) >= 11 is 0. The molecule has 0 aliphatic carbocycles. The molecule has 4 aromatic rings. The summed E-state index contributed by atoms with van der Waals surface area (Å²) in [6, 6.07) is 9.75. The van der Waals surface area contributed by atoms with Crippen LogP contribution in [0.15, 0.2) is 41.3 Å². The summed E-state index contributed by atoms with van der Waals surface area (Å²) in [6.45, 7) is 6.89. The van der Waals surface area contributed by atoms with Gasteiger partial charge in [0.1, 0.15) is 29.1 Å². The van der Waals surface area contributed by atoms with E-state index in [0.29, 0.717) is 51.4 Å². The fourth-order valence-corrected chi connectivity index (χ4v) is 5.91. The van der Waals surface area contributed by atoms with E-state index < -0.39 is 26.0 Å². The van der Waals surface area contributed by atoms with E-state index in [1.807, 2.05) is 0 Å². The smallest absolute Gasteiger partial charge is 0.297 e. The summed E-state index contributed by atoms with van der Waals surface area (Å²) in [5.41, 5.74) is 2.30. The van der Waals surface area contributed by atoms with Crippen LogP contribution in [-0.2, 0) is 43.0 Å². The summed E-state index contributed by atoms with van der Waals surface area (Å²) in [5.74, 6) is 1.96. The van der Waals surface area contributed by atoms with Gasteiger partial charge in [-0.1, -0.05) is 12.1 Å². The molecule has 4 rings (SSSR count). The molecule has 0 spiro atoms. The van der Waals surface area contributed by atoms with Gasteiger partial charge >= 0.3 is 0 Å². The third-order valence-electron chi connectivity index (χ3n) is 5.99. The van der Waals surface area contributed by atoms with Crippen molar-refractivity contribution in [2.75, 3.05) is 17.7 Å². The average molecular weight is 615 g/mol. The maximum Gasteiger partial charge on any atom is 0.297 e. The zero-order chi connectivity index (χ0) is 30.7. The van der Waals surface area contributed by atoms with Gasteiger partial charge in [0.25, 0.3) is 20.2 Å². The lowest BCUT2D eigenvalue weighted by Crippen LogP contribution is -2.10. The highest BCUT2D eigenvalue weighted by atomic mass is 32.2. The topological polar surface area (TPSA) is 199 Å². The molecule has 222 valence electrons. The van der Waals surface area contributed by atoms with Crippen LogP contribution >= 0.6 is 0 Å². The maximum absolute atomic E-state index is 12.8. The summed E-state index contributed by atoms with van der Waals surface area (Å²) in [6.07, 6.45) is 0.485. The van der Waals surface area contributed by atoms with Gasteiger partial charge in [-0.15, -0.1) is 0 Å². The Morgan fingerprint density at radius 3 is 1.60 bits per heavy atom. The van der Waals surface area contributed by atoms with Crippen LogP contribution in [0.25, 0.3) is 0 Å². The lowest BCUT2D eigenvalue weighted by Gasteiger charge is -2.15. The van der Waals surface area contributed by atoms with Crippen LogP contribution < -0.4 is 10.6 Å². The van der Waals surface area contributed by atoms with Crippen molar-refractivity contribution in [3.63, 3.8) is 0 Å². The lowest BCUT2D eigenvalue weighted by atomic mass is 9.99. The van der Waals surface area contributed by atoms with Crippen molar-refractivity contribution >= 4 is 43.5 Å². The summed E-state index contributed by atoms with van der Waals surface area (Å²) in [5, 5.41) is 6.02. The second-order valence-corrected chi connectivity index (χ2v) is 12.5. The fraction of sp³-hybridized carbons (Fsp3) is 0.308. The number of hydrogen-bond acceptors (Lipinski definition) is 13. The van der Waals surface area contributed by atoms with Gasteiger partial charge in [-0.3, -0.25) is 8.74 Å². The first-order valence-corrected chi connectivity index (χ1v) is 15.7. The van der Waals surface area contributed by atoms with Crippen molar-refractivity contribution in [1.29, 1.82) is 0 Å². The van der Waals surface area contributed by atoms with Crippen LogP contribution in [0.3, 0.4) is 0 Å². The summed E-state index contributed by atoms with van der Waals surface area (Å²) in [4.78, 5) is 25.1. The number of anilines is 4. The lowest BCUT2D eigenvalue weighted by molar-refractivity contribution is 0.397. The maximum atomic E-state index is 12.8. The molecular formula is C26H30N8O6S2.